The summed E-state index contributed by atoms with van der Waals surface area (Å²) in [6.45, 7) is 1.16. The van der Waals surface area contributed by atoms with Crippen molar-refractivity contribution in [2.24, 2.45) is 0 Å². The number of nitrogens with zero attached hydrogens (tertiary/aromatic N) is 5. The molecule has 0 saturated carbocycles. The van der Waals surface area contributed by atoms with Gasteiger partial charge in [-0.3, -0.25) is 0 Å². The maximum absolute atomic E-state index is 13.0. The average Bonchev–Trinajstić information content (AvgIpc) is 3.37. The minimum atomic E-state index is -3.49. The van der Waals surface area contributed by atoms with Gasteiger partial charge in [-0.05, 0) is 54.8 Å². The molecule has 38 heavy (non-hydrogen) atoms. The maximum atomic E-state index is 13.0. The molecular weight excluding hydrogens is 500 g/mol. The van der Waals surface area contributed by atoms with Gasteiger partial charge in [0.15, 0.2) is 17.3 Å². The van der Waals surface area contributed by atoms with Crippen LogP contribution in [0.5, 0.6) is 5.75 Å². The predicted molar refractivity (Wildman–Crippen MR) is 146 cm³/mol. The Labute approximate surface area is 221 Å². The van der Waals surface area contributed by atoms with Crippen molar-refractivity contribution in [2.45, 2.75) is 30.6 Å². The lowest BCUT2D eigenvalue weighted by molar-refractivity contribution is 0.346. The number of ether oxygens (including phenoxy) is 1. The first-order chi connectivity index (χ1) is 18.5. The summed E-state index contributed by atoms with van der Waals surface area (Å²) in [5, 5.41) is 18.9. The van der Waals surface area contributed by atoms with Crippen LogP contribution in [0.4, 0.5) is 11.5 Å². The fourth-order valence-corrected chi connectivity index (χ4v) is 6.37. The number of aromatic nitrogens is 4. The second-order valence-corrected chi connectivity index (χ2v) is 11.3. The van der Waals surface area contributed by atoms with E-state index in [1.165, 1.54) is 0 Å². The van der Waals surface area contributed by atoms with Crippen LogP contribution >= 0.6 is 0 Å². The SMILES string of the molecule is COc1ccc(Cc2nnc3c4ccccc4c(Nc4ccc(S(=O)(=O)N5CCCCC5)cc4)nn23)cc1. The number of hydrogen-bond acceptors (Lipinski definition) is 7. The van der Waals surface area contributed by atoms with Crippen molar-refractivity contribution in [2.75, 3.05) is 25.5 Å². The number of benzene rings is 3. The van der Waals surface area contributed by atoms with Gasteiger partial charge in [0.2, 0.25) is 10.0 Å². The largest absolute Gasteiger partial charge is 0.497 e. The van der Waals surface area contributed by atoms with Crippen molar-refractivity contribution in [1.82, 2.24) is 24.1 Å². The van der Waals surface area contributed by atoms with Gasteiger partial charge in [0, 0.05) is 36.0 Å². The third kappa shape index (κ3) is 4.57. The molecule has 10 heteroatoms. The number of anilines is 2. The molecule has 2 aromatic heterocycles. The summed E-state index contributed by atoms with van der Waals surface area (Å²) >= 11 is 0. The molecule has 0 amide bonds. The Kier molecular flexibility index (Phi) is 6.42. The highest BCUT2D eigenvalue weighted by Gasteiger charge is 2.25. The van der Waals surface area contributed by atoms with Crippen LogP contribution in [0.3, 0.4) is 0 Å². The fourth-order valence-electron chi connectivity index (χ4n) is 4.85. The standard InChI is InChI=1S/C28H28N6O3S/c1-37-22-13-9-20(10-14-22)19-26-30-31-28-25-8-4-3-7-24(25)27(32-34(26)28)29-21-11-15-23(16-12-21)38(35,36)33-17-5-2-6-18-33/h3-4,7-16H,2,5-6,17-19H2,1H3,(H,29,32). The average molecular weight is 529 g/mol. The maximum Gasteiger partial charge on any atom is 0.243 e. The second kappa shape index (κ2) is 10.0. The summed E-state index contributed by atoms with van der Waals surface area (Å²) in [6, 6.07) is 22.6. The van der Waals surface area contributed by atoms with E-state index in [0.29, 0.717) is 41.7 Å². The third-order valence-corrected chi connectivity index (χ3v) is 8.83. The Morgan fingerprint density at radius 3 is 2.29 bits per heavy atom. The molecule has 0 unspecified atom stereocenters. The van der Waals surface area contributed by atoms with Crippen molar-refractivity contribution >= 4 is 37.9 Å². The van der Waals surface area contributed by atoms with Gasteiger partial charge in [0.05, 0.1) is 12.0 Å². The first-order valence-electron chi connectivity index (χ1n) is 12.7. The first kappa shape index (κ1) is 24.3. The molecular formula is C28H28N6O3S. The molecule has 0 aliphatic carbocycles. The van der Waals surface area contributed by atoms with Crippen LogP contribution in [0.25, 0.3) is 16.4 Å². The lowest BCUT2D eigenvalue weighted by Gasteiger charge is -2.25. The summed E-state index contributed by atoms with van der Waals surface area (Å²) in [7, 11) is -1.84. The van der Waals surface area contributed by atoms with E-state index in [0.717, 1.165) is 47.0 Å². The molecule has 0 atom stereocenters. The number of fused-ring (bicyclic) bond motifs is 3. The Morgan fingerprint density at radius 1 is 0.868 bits per heavy atom. The van der Waals surface area contributed by atoms with Gasteiger partial charge in [-0.2, -0.15) is 8.82 Å². The summed E-state index contributed by atoms with van der Waals surface area (Å²) < 4.78 is 34.7. The normalized spacial score (nSPS) is 14.7. The van der Waals surface area contributed by atoms with E-state index >= 15 is 0 Å². The van der Waals surface area contributed by atoms with E-state index in [1.54, 1.807) is 40.2 Å². The van der Waals surface area contributed by atoms with Crippen molar-refractivity contribution in [3.05, 3.63) is 84.2 Å². The number of piperidine rings is 1. The summed E-state index contributed by atoms with van der Waals surface area (Å²) in [5.41, 5.74) is 2.48. The Morgan fingerprint density at radius 2 is 1.58 bits per heavy atom. The van der Waals surface area contributed by atoms with Crippen LogP contribution in [-0.4, -0.2) is 52.7 Å². The van der Waals surface area contributed by atoms with Gasteiger partial charge in [0.25, 0.3) is 0 Å². The minimum absolute atomic E-state index is 0.304. The van der Waals surface area contributed by atoms with Gasteiger partial charge in [-0.1, -0.05) is 42.8 Å². The van der Waals surface area contributed by atoms with Crippen LogP contribution in [0.1, 0.15) is 30.7 Å². The topological polar surface area (TPSA) is 102 Å². The van der Waals surface area contributed by atoms with Gasteiger partial charge in [0.1, 0.15) is 5.75 Å². The van der Waals surface area contributed by atoms with E-state index in [4.69, 9.17) is 9.84 Å². The van der Waals surface area contributed by atoms with Crippen molar-refractivity contribution in [3.8, 4) is 5.75 Å². The highest BCUT2D eigenvalue weighted by molar-refractivity contribution is 7.89. The Balaban J connectivity index is 1.33. The zero-order valence-electron chi connectivity index (χ0n) is 21.0. The van der Waals surface area contributed by atoms with Crippen LogP contribution in [0, 0.1) is 0 Å². The molecule has 1 aliphatic heterocycles. The minimum Gasteiger partial charge on any atom is -0.497 e. The van der Waals surface area contributed by atoms with E-state index < -0.39 is 10.0 Å². The molecule has 5 aromatic rings. The van der Waals surface area contributed by atoms with E-state index in [-0.39, 0.29) is 0 Å². The lowest BCUT2D eigenvalue weighted by atomic mass is 10.1. The first-order valence-corrected chi connectivity index (χ1v) is 14.1. The molecule has 194 valence electrons. The van der Waals surface area contributed by atoms with E-state index in [2.05, 4.69) is 15.5 Å². The number of rotatable bonds is 7. The zero-order chi connectivity index (χ0) is 26.1. The van der Waals surface area contributed by atoms with Gasteiger partial charge >= 0.3 is 0 Å². The molecule has 9 nitrogen and oxygen atoms in total. The molecule has 3 aromatic carbocycles. The predicted octanol–water partition coefficient (Wildman–Crippen LogP) is 4.80. The summed E-state index contributed by atoms with van der Waals surface area (Å²) in [4.78, 5) is 0.304. The second-order valence-electron chi connectivity index (χ2n) is 9.38. The van der Waals surface area contributed by atoms with Crippen molar-refractivity contribution < 1.29 is 13.2 Å². The van der Waals surface area contributed by atoms with E-state index in [1.807, 2.05) is 48.5 Å². The smallest absolute Gasteiger partial charge is 0.243 e. The summed E-state index contributed by atoms with van der Waals surface area (Å²) in [6.07, 6.45) is 3.45. The quantitative estimate of drug-likeness (QED) is 0.324. The molecule has 6 rings (SSSR count). The molecule has 0 bridgehead atoms. The van der Waals surface area contributed by atoms with E-state index in [9.17, 15) is 8.42 Å². The zero-order valence-corrected chi connectivity index (χ0v) is 21.9. The molecule has 0 spiro atoms. The van der Waals surface area contributed by atoms with Crippen LogP contribution < -0.4 is 10.1 Å². The van der Waals surface area contributed by atoms with Gasteiger partial charge in [-0.25, -0.2) is 8.42 Å². The van der Waals surface area contributed by atoms with Gasteiger partial charge in [-0.15, -0.1) is 15.3 Å². The van der Waals surface area contributed by atoms with Crippen molar-refractivity contribution in [3.63, 3.8) is 0 Å². The van der Waals surface area contributed by atoms with Gasteiger partial charge < -0.3 is 10.1 Å². The van der Waals surface area contributed by atoms with Crippen LogP contribution in [0.2, 0.25) is 0 Å². The van der Waals surface area contributed by atoms with Crippen molar-refractivity contribution in [1.29, 1.82) is 0 Å². The molecule has 1 aliphatic rings. The fraction of sp³-hybridized carbons (Fsp3) is 0.250. The number of nitrogens with one attached hydrogen (secondary N) is 1. The third-order valence-electron chi connectivity index (χ3n) is 6.92. The monoisotopic (exact) mass is 528 g/mol. The van der Waals surface area contributed by atoms with Crippen LogP contribution in [0.15, 0.2) is 77.7 Å². The molecule has 1 N–H and O–H groups in total. The highest BCUT2D eigenvalue weighted by atomic mass is 32.2. The molecule has 1 fully saturated rings. The highest BCUT2D eigenvalue weighted by Crippen LogP contribution is 2.29. The molecule has 0 radical (unpaired) electrons. The molecule has 3 heterocycles. The number of sulfonamides is 1. The van der Waals surface area contributed by atoms with Crippen LogP contribution in [-0.2, 0) is 16.4 Å². The number of hydrogen-bond donors (Lipinski definition) is 1. The lowest BCUT2D eigenvalue weighted by Crippen LogP contribution is -2.35. The molecule has 1 saturated heterocycles. The Bertz CT molecular complexity index is 1690. The Hall–Kier alpha value is -4.02. The summed E-state index contributed by atoms with van der Waals surface area (Å²) in [5.74, 6) is 2.14. The number of methoxy groups -OCH3 is 1.